The number of benzene rings is 2. The Bertz CT molecular complexity index is 872. The molecule has 156 valence electrons. The lowest BCUT2D eigenvalue weighted by molar-refractivity contribution is -0.104. The van der Waals surface area contributed by atoms with Gasteiger partial charge in [0.2, 0.25) is 0 Å². The molecule has 1 saturated heterocycles. The highest BCUT2D eigenvalue weighted by Crippen LogP contribution is 2.51. The molecule has 0 aromatic heterocycles. The summed E-state index contributed by atoms with van der Waals surface area (Å²) in [5, 5.41) is 19.9. The van der Waals surface area contributed by atoms with E-state index >= 15 is 0 Å². The summed E-state index contributed by atoms with van der Waals surface area (Å²) in [5.41, 5.74) is 3.49. The van der Waals surface area contributed by atoms with Gasteiger partial charge in [0.05, 0.1) is 12.3 Å². The molecule has 0 amide bonds. The van der Waals surface area contributed by atoms with Gasteiger partial charge in [-0.3, -0.25) is 9.80 Å². The number of aromatic hydroxyl groups is 1. The monoisotopic (exact) mass is 398 g/mol. The zero-order valence-electron chi connectivity index (χ0n) is 17.4. The van der Waals surface area contributed by atoms with Gasteiger partial charge < -0.3 is 10.2 Å². The number of halogens is 1. The zero-order chi connectivity index (χ0) is 20.6. The van der Waals surface area contributed by atoms with Crippen molar-refractivity contribution in [3.63, 3.8) is 0 Å². The standard InChI is InChI=1S/C24H31FN2O2/c1-23-10-12-26(2)24(17-23,16-19-5-8-21(29)15-22(19)23)27(13-14-28)11-9-18-3-6-20(25)7-4-18/h3-8,15,28-29H,9-14,16-17H2,1-2H3. The fourth-order valence-electron chi connectivity index (χ4n) is 5.51. The number of aliphatic hydroxyl groups is 1. The Labute approximate surface area is 172 Å². The maximum absolute atomic E-state index is 13.3. The molecule has 1 heterocycles. The number of hydrogen-bond acceptors (Lipinski definition) is 4. The van der Waals surface area contributed by atoms with Crippen molar-refractivity contribution in [3.8, 4) is 5.75 Å². The fourth-order valence-corrected chi connectivity index (χ4v) is 5.51. The van der Waals surface area contributed by atoms with Gasteiger partial charge in [0.25, 0.3) is 0 Å². The Morgan fingerprint density at radius 1 is 1.14 bits per heavy atom. The van der Waals surface area contributed by atoms with Gasteiger partial charge in [-0.2, -0.15) is 0 Å². The molecule has 2 atom stereocenters. The topological polar surface area (TPSA) is 46.9 Å². The molecule has 0 radical (unpaired) electrons. The molecule has 29 heavy (non-hydrogen) atoms. The second kappa shape index (κ2) is 7.71. The molecule has 1 fully saturated rings. The molecule has 2 aromatic rings. The first-order valence-electron chi connectivity index (χ1n) is 10.5. The number of piperidine rings is 1. The molecular weight excluding hydrogens is 367 g/mol. The zero-order valence-corrected chi connectivity index (χ0v) is 17.4. The highest BCUT2D eigenvalue weighted by atomic mass is 19.1. The van der Waals surface area contributed by atoms with Crippen molar-refractivity contribution in [1.82, 2.24) is 9.80 Å². The minimum absolute atomic E-state index is 0.00240. The van der Waals surface area contributed by atoms with Gasteiger partial charge in [-0.15, -0.1) is 0 Å². The predicted molar refractivity (Wildman–Crippen MR) is 113 cm³/mol. The molecule has 2 aliphatic rings. The lowest BCUT2D eigenvalue weighted by Gasteiger charge is -2.60. The lowest BCUT2D eigenvalue weighted by Crippen LogP contribution is -2.68. The van der Waals surface area contributed by atoms with Crippen molar-refractivity contribution in [3.05, 3.63) is 65.0 Å². The van der Waals surface area contributed by atoms with Crippen molar-refractivity contribution >= 4 is 0 Å². The summed E-state index contributed by atoms with van der Waals surface area (Å²) in [6.07, 6.45) is 3.70. The van der Waals surface area contributed by atoms with E-state index in [1.807, 2.05) is 18.2 Å². The van der Waals surface area contributed by atoms with E-state index in [0.717, 1.165) is 44.3 Å². The van der Waals surface area contributed by atoms with E-state index in [0.29, 0.717) is 12.3 Å². The van der Waals surface area contributed by atoms with Gasteiger partial charge in [-0.1, -0.05) is 25.1 Å². The molecular formula is C24H31FN2O2. The number of rotatable bonds is 6. The average Bonchev–Trinajstić information content (AvgIpc) is 2.70. The molecule has 4 rings (SSSR count). The van der Waals surface area contributed by atoms with E-state index in [1.54, 1.807) is 6.07 Å². The highest BCUT2D eigenvalue weighted by molar-refractivity contribution is 5.44. The molecule has 5 heteroatoms. The summed E-state index contributed by atoms with van der Waals surface area (Å²) in [6.45, 7) is 4.81. The van der Waals surface area contributed by atoms with Crippen LogP contribution in [0.5, 0.6) is 5.75 Å². The summed E-state index contributed by atoms with van der Waals surface area (Å²) in [4.78, 5) is 4.87. The Morgan fingerprint density at radius 2 is 1.90 bits per heavy atom. The van der Waals surface area contributed by atoms with E-state index in [2.05, 4.69) is 29.8 Å². The Morgan fingerprint density at radius 3 is 2.62 bits per heavy atom. The summed E-state index contributed by atoms with van der Waals surface area (Å²) in [6, 6.07) is 12.5. The quantitative estimate of drug-likeness (QED) is 0.784. The van der Waals surface area contributed by atoms with Crippen LogP contribution in [0.25, 0.3) is 0 Å². The fraction of sp³-hybridized carbons (Fsp3) is 0.500. The molecule has 2 bridgehead atoms. The van der Waals surface area contributed by atoms with Crippen LogP contribution in [0.1, 0.15) is 36.5 Å². The molecule has 2 aromatic carbocycles. The Kier molecular flexibility index (Phi) is 5.40. The molecule has 0 saturated carbocycles. The number of aliphatic hydroxyl groups excluding tert-OH is 1. The third kappa shape index (κ3) is 3.67. The van der Waals surface area contributed by atoms with Crippen molar-refractivity contribution in [1.29, 1.82) is 0 Å². The Hall–Kier alpha value is -1.95. The van der Waals surface area contributed by atoms with Gasteiger partial charge in [0.1, 0.15) is 11.6 Å². The van der Waals surface area contributed by atoms with E-state index in [1.165, 1.54) is 23.3 Å². The number of hydrogen-bond donors (Lipinski definition) is 2. The first-order valence-corrected chi connectivity index (χ1v) is 10.5. The smallest absolute Gasteiger partial charge is 0.123 e. The number of likely N-dealkylation sites (N-methyl/N-ethyl adjacent to an activating group) is 1. The molecule has 1 aliphatic heterocycles. The van der Waals surface area contributed by atoms with E-state index in [4.69, 9.17) is 0 Å². The minimum atomic E-state index is -0.213. The number of fused-ring (bicyclic) bond motifs is 4. The van der Waals surface area contributed by atoms with E-state index < -0.39 is 0 Å². The second-order valence-electron chi connectivity index (χ2n) is 9.00. The number of phenols is 1. The Balaban J connectivity index is 1.66. The normalized spacial score (nSPS) is 26.5. The lowest BCUT2D eigenvalue weighted by atomic mass is 9.62. The number of likely N-dealkylation sites (tertiary alicyclic amines) is 1. The van der Waals surface area contributed by atoms with Crippen LogP contribution in [-0.2, 0) is 18.3 Å². The summed E-state index contributed by atoms with van der Waals surface area (Å²) < 4.78 is 13.3. The largest absolute Gasteiger partial charge is 0.508 e. The van der Waals surface area contributed by atoms with Crippen LogP contribution in [0.4, 0.5) is 4.39 Å². The number of nitrogens with zero attached hydrogens (tertiary/aromatic N) is 2. The minimum Gasteiger partial charge on any atom is -0.508 e. The maximum Gasteiger partial charge on any atom is 0.123 e. The van der Waals surface area contributed by atoms with Gasteiger partial charge in [0.15, 0.2) is 0 Å². The predicted octanol–water partition coefficient (Wildman–Crippen LogP) is 3.30. The second-order valence-corrected chi connectivity index (χ2v) is 9.00. The van der Waals surface area contributed by atoms with Gasteiger partial charge >= 0.3 is 0 Å². The van der Waals surface area contributed by atoms with Crippen LogP contribution >= 0.6 is 0 Å². The SMILES string of the molecule is CN1CCC2(C)CC1(N(CCO)CCc1ccc(F)cc1)Cc1ccc(O)cc12. The van der Waals surface area contributed by atoms with Crippen LogP contribution in [0.3, 0.4) is 0 Å². The van der Waals surface area contributed by atoms with E-state index in [9.17, 15) is 14.6 Å². The van der Waals surface area contributed by atoms with Crippen molar-refractivity contribution < 1.29 is 14.6 Å². The van der Waals surface area contributed by atoms with Crippen molar-refractivity contribution in [2.24, 2.45) is 0 Å². The first kappa shape index (κ1) is 20.3. The van der Waals surface area contributed by atoms with Crippen LogP contribution in [0.15, 0.2) is 42.5 Å². The van der Waals surface area contributed by atoms with Crippen LogP contribution < -0.4 is 0 Å². The first-order chi connectivity index (χ1) is 13.9. The van der Waals surface area contributed by atoms with Crippen LogP contribution in [0.2, 0.25) is 0 Å². The maximum atomic E-state index is 13.3. The van der Waals surface area contributed by atoms with Gasteiger partial charge in [-0.25, -0.2) is 4.39 Å². The van der Waals surface area contributed by atoms with Gasteiger partial charge in [0, 0.05) is 26.1 Å². The number of phenolic OH excluding ortho intramolecular Hbond substituents is 1. The molecule has 2 N–H and O–H groups in total. The van der Waals surface area contributed by atoms with Crippen LogP contribution in [-0.4, -0.2) is 59.0 Å². The van der Waals surface area contributed by atoms with Crippen molar-refractivity contribution in [2.45, 2.75) is 43.7 Å². The van der Waals surface area contributed by atoms with Gasteiger partial charge in [-0.05, 0) is 72.7 Å². The highest BCUT2D eigenvalue weighted by Gasteiger charge is 2.53. The molecule has 2 unspecified atom stereocenters. The summed E-state index contributed by atoms with van der Waals surface area (Å²) in [5.74, 6) is 0.120. The van der Waals surface area contributed by atoms with Crippen molar-refractivity contribution in [2.75, 3.05) is 33.3 Å². The average molecular weight is 399 g/mol. The molecule has 1 aliphatic carbocycles. The van der Waals surface area contributed by atoms with E-state index in [-0.39, 0.29) is 23.5 Å². The molecule has 0 spiro atoms. The van der Waals surface area contributed by atoms with Crippen LogP contribution in [0, 0.1) is 5.82 Å². The summed E-state index contributed by atoms with van der Waals surface area (Å²) >= 11 is 0. The third-order valence-electron chi connectivity index (χ3n) is 7.14. The third-order valence-corrected chi connectivity index (χ3v) is 7.14. The summed E-state index contributed by atoms with van der Waals surface area (Å²) in [7, 11) is 2.19. The molecule has 4 nitrogen and oxygen atoms in total.